The standard InChI is InChI=1S/C26H24N2O2/c1-18-7-10-21(11-8-18)17-30-24-6-4-5-22(15-24)14-23(16-27)26(29)28-25-12-9-19(2)13-20(25)3/h4-15H,17H2,1-3H3,(H,28,29)/b23-14-. The highest BCUT2D eigenvalue weighted by molar-refractivity contribution is 6.10. The molecule has 0 aliphatic rings. The Morgan fingerprint density at radius 1 is 1.00 bits per heavy atom. The zero-order valence-electron chi connectivity index (χ0n) is 17.4. The molecule has 1 N–H and O–H groups in total. The van der Waals surface area contributed by atoms with E-state index in [9.17, 15) is 10.1 Å². The van der Waals surface area contributed by atoms with E-state index in [2.05, 4.69) is 5.32 Å². The van der Waals surface area contributed by atoms with Gasteiger partial charge >= 0.3 is 0 Å². The number of carbonyl (C=O) groups is 1. The monoisotopic (exact) mass is 396 g/mol. The van der Waals surface area contributed by atoms with Crippen LogP contribution in [0.25, 0.3) is 6.08 Å². The molecule has 0 bridgehead atoms. The van der Waals surface area contributed by atoms with Gasteiger partial charge in [-0.1, -0.05) is 59.7 Å². The number of nitrogens with zero attached hydrogens (tertiary/aromatic N) is 1. The van der Waals surface area contributed by atoms with Crippen molar-refractivity contribution in [2.75, 3.05) is 5.32 Å². The average Bonchev–Trinajstić information content (AvgIpc) is 2.74. The van der Waals surface area contributed by atoms with Crippen LogP contribution in [-0.2, 0) is 11.4 Å². The van der Waals surface area contributed by atoms with Crippen molar-refractivity contribution in [1.29, 1.82) is 5.26 Å². The highest BCUT2D eigenvalue weighted by Crippen LogP contribution is 2.20. The third-order valence-corrected chi connectivity index (χ3v) is 4.69. The van der Waals surface area contributed by atoms with Crippen LogP contribution in [0.1, 0.15) is 27.8 Å². The summed E-state index contributed by atoms with van der Waals surface area (Å²) in [5.41, 5.74) is 5.80. The lowest BCUT2D eigenvalue weighted by Crippen LogP contribution is -2.14. The number of anilines is 1. The minimum atomic E-state index is -0.435. The summed E-state index contributed by atoms with van der Waals surface area (Å²) < 4.78 is 5.86. The Morgan fingerprint density at radius 2 is 1.73 bits per heavy atom. The molecule has 0 unspecified atom stereocenters. The first-order valence-corrected chi connectivity index (χ1v) is 9.73. The largest absolute Gasteiger partial charge is 0.489 e. The summed E-state index contributed by atoms with van der Waals surface area (Å²) in [6.07, 6.45) is 1.57. The molecule has 0 aliphatic carbocycles. The first kappa shape index (κ1) is 20.9. The van der Waals surface area contributed by atoms with Crippen LogP contribution in [-0.4, -0.2) is 5.91 Å². The van der Waals surface area contributed by atoms with E-state index in [0.717, 1.165) is 22.3 Å². The number of rotatable bonds is 6. The molecule has 4 heteroatoms. The average molecular weight is 396 g/mol. The minimum absolute atomic E-state index is 0.0330. The van der Waals surface area contributed by atoms with E-state index in [1.807, 2.05) is 93.6 Å². The van der Waals surface area contributed by atoms with Crippen molar-refractivity contribution in [1.82, 2.24) is 0 Å². The van der Waals surface area contributed by atoms with Gasteiger partial charge in [0.05, 0.1) is 0 Å². The molecule has 0 saturated carbocycles. The third kappa shape index (κ3) is 5.59. The Hall–Kier alpha value is -3.84. The van der Waals surface area contributed by atoms with Crippen LogP contribution in [0.15, 0.2) is 72.3 Å². The van der Waals surface area contributed by atoms with Gasteiger partial charge in [0, 0.05) is 5.69 Å². The maximum atomic E-state index is 12.6. The molecule has 0 aliphatic heterocycles. The molecule has 150 valence electrons. The Bertz CT molecular complexity index is 1120. The van der Waals surface area contributed by atoms with Gasteiger partial charge in [0.2, 0.25) is 0 Å². The van der Waals surface area contributed by atoms with Crippen molar-refractivity contribution in [3.63, 3.8) is 0 Å². The molecule has 3 aromatic rings. The summed E-state index contributed by atoms with van der Waals surface area (Å²) in [5, 5.41) is 12.3. The molecule has 0 fully saturated rings. The molecule has 0 radical (unpaired) electrons. The zero-order valence-corrected chi connectivity index (χ0v) is 17.4. The number of aryl methyl sites for hydroxylation is 3. The lowest BCUT2D eigenvalue weighted by Gasteiger charge is -2.09. The Kier molecular flexibility index (Phi) is 6.67. The molecule has 0 saturated heterocycles. The van der Waals surface area contributed by atoms with Gasteiger partial charge in [0.15, 0.2) is 0 Å². The third-order valence-electron chi connectivity index (χ3n) is 4.69. The fourth-order valence-corrected chi connectivity index (χ4v) is 3.00. The van der Waals surface area contributed by atoms with Gasteiger partial charge in [-0.05, 0) is 61.7 Å². The number of hydrogen-bond donors (Lipinski definition) is 1. The normalized spacial score (nSPS) is 10.9. The highest BCUT2D eigenvalue weighted by Gasteiger charge is 2.11. The maximum absolute atomic E-state index is 12.6. The molecule has 3 aromatic carbocycles. The van der Waals surface area contributed by atoms with Crippen LogP contribution in [0.5, 0.6) is 5.75 Å². The van der Waals surface area contributed by atoms with Crippen molar-refractivity contribution in [3.8, 4) is 11.8 Å². The van der Waals surface area contributed by atoms with E-state index in [0.29, 0.717) is 18.0 Å². The molecule has 3 rings (SSSR count). The smallest absolute Gasteiger partial charge is 0.266 e. The van der Waals surface area contributed by atoms with Crippen molar-refractivity contribution in [3.05, 3.63) is 100 Å². The second-order valence-electron chi connectivity index (χ2n) is 7.29. The van der Waals surface area contributed by atoms with Crippen molar-refractivity contribution >= 4 is 17.7 Å². The summed E-state index contributed by atoms with van der Waals surface area (Å²) in [5.74, 6) is 0.242. The van der Waals surface area contributed by atoms with Gasteiger partial charge in [0.1, 0.15) is 24.0 Å². The lowest BCUT2D eigenvalue weighted by atomic mass is 10.1. The fraction of sp³-hybridized carbons (Fsp3) is 0.154. The van der Waals surface area contributed by atoms with Gasteiger partial charge in [-0.25, -0.2) is 0 Å². The number of nitriles is 1. The molecule has 0 atom stereocenters. The number of carbonyl (C=O) groups excluding carboxylic acids is 1. The second kappa shape index (κ2) is 9.58. The molecule has 1 amide bonds. The summed E-state index contributed by atoms with van der Waals surface area (Å²) >= 11 is 0. The van der Waals surface area contributed by atoms with Crippen molar-refractivity contribution < 1.29 is 9.53 Å². The van der Waals surface area contributed by atoms with Gasteiger partial charge < -0.3 is 10.1 Å². The number of hydrogen-bond acceptors (Lipinski definition) is 3. The van der Waals surface area contributed by atoms with Crippen molar-refractivity contribution in [2.45, 2.75) is 27.4 Å². The van der Waals surface area contributed by atoms with Crippen LogP contribution in [0.4, 0.5) is 5.69 Å². The zero-order chi connectivity index (χ0) is 21.5. The SMILES string of the molecule is Cc1ccc(COc2cccc(/C=C(/C#N)C(=O)Nc3ccc(C)cc3C)c2)cc1. The molecule has 4 nitrogen and oxygen atoms in total. The van der Waals surface area contributed by atoms with E-state index in [1.54, 1.807) is 6.08 Å². The van der Waals surface area contributed by atoms with Crippen LogP contribution >= 0.6 is 0 Å². The van der Waals surface area contributed by atoms with Gasteiger partial charge in [-0.3, -0.25) is 4.79 Å². The molecule has 0 aromatic heterocycles. The van der Waals surface area contributed by atoms with E-state index >= 15 is 0 Å². The van der Waals surface area contributed by atoms with Crippen LogP contribution < -0.4 is 10.1 Å². The quantitative estimate of drug-likeness (QED) is 0.427. The second-order valence-corrected chi connectivity index (χ2v) is 7.29. The van der Waals surface area contributed by atoms with Crippen LogP contribution in [0.3, 0.4) is 0 Å². The Labute approximate surface area is 177 Å². The fourth-order valence-electron chi connectivity index (χ4n) is 3.00. The van der Waals surface area contributed by atoms with E-state index in [4.69, 9.17) is 4.74 Å². The number of amides is 1. The summed E-state index contributed by atoms with van der Waals surface area (Å²) in [6.45, 7) is 6.41. The Morgan fingerprint density at radius 3 is 2.43 bits per heavy atom. The van der Waals surface area contributed by atoms with Crippen molar-refractivity contribution in [2.24, 2.45) is 0 Å². The molecule has 30 heavy (non-hydrogen) atoms. The summed E-state index contributed by atoms with van der Waals surface area (Å²) in [6, 6.07) is 23.2. The number of ether oxygens (including phenoxy) is 1. The van der Waals surface area contributed by atoms with Crippen LogP contribution in [0, 0.1) is 32.1 Å². The molecular formula is C26H24N2O2. The predicted octanol–water partition coefficient (Wildman–Crippen LogP) is 5.74. The lowest BCUT2D eigenvalue weighted by molar-refractivity contribution is -0.112. The number of benzene rings is 3. The maximum Gasteiger partial charge on any atom is 0.266 e. The highest BCUT2D eigenvalue weighted by atomic mass is 16.5. The molecular weight excluding hydrogens is 372 g/mol. The first-order valence-electron chi connectivity index (χ1n) is 9.73. The topological polar surface area (TPSA) is 62.1 Å². The minimum Gasteiger partial charge on any atom is -0.489 e. The summed E-state index contributed by atoms with van der Waals surface area (Å²) in [7, 11) is 0. The van der Waals surface area contributed by atoms with Crippen LogP contribution in [0.2, 0.25) is 0 Å². The molecule has 0 heterocycles. The van der Waals surface area contributed by atoms with E-state index < -0.39 is 5.91 Å². The van der Waals surface area contributed by atoms with E-state index in [1.165, 1.54) is 5.56 Å². The first-order chi connectivity index (χ1) is 14.4. The van der Waals surface area contributed by atoms with Gasteiger partial charge in [-0.2, -0.15) is 5.26 Å². The van der Waals surface area contributed by atoms with E-state index in [-0.39, 0.29) is 5.57 Å². The predicted molar refractivity (Wildman–Crippen MR) is 120 cm³/mol. The number of nitrogens with one attached hydrogen (secondary N) is 1. The van der Waals surface area contributed by atoms with Gasteiger partial charge in [0.25, 0.3) is 5.91 Å². The van der Waals surface area contributed by atoms with Gasteiger partial charge in [-0.15, -0.1) is 0 Å². The Balaban J connectivity index is 1.72. The molecule has 0 spiro atoms. The summed E-state index contributed by atoms with van der Waals surface area (Å²) in [4.78, 5) is 12.6.